The van der Waals surface area contributed by atoms with Gasteiger partial charge in [0, 0.05) is 6.07 Å². The van der Waals surface area contributed by atoms with Crippen LogP contribution in [0.25, 0.3) is 5.69 Å². The molecule has 150 valence electrons. The lowest BCUT2D eigenvalue weighted by Crippen LogP contribution is -2.31. The second-order valence-electron chi connectivity index (χ2n) is 6.38. The van der Waals surface area contributed by atoms with Crippen LogP contribution in [0.3, 0.4) is 0 Å². The van der Waals surface area contributed by atoms with Crippen LogP contribution in [0.2, 0.25) is 5.02 Å². The van der Waals surface area contributed by atoms with Crippen LogP contribution in [0.5, 0.6) is 5.88 Å². The van der Waals surface area contributed by atoms with E-state index < -0.39 is 30.2 Å². The summed E-state index contributed by atoms with van der Waals surface area (Å²) in [5, 5.41) is 26.3. The first-order valence-electron chi connectivity index (χ1n) is 8.59. The maximum Gasteiger partial charge on any atom is 0.305 e. The van der Waals surface area contributed by atoms with Crippen molar-refractivity contribution in [2.45, 2.75) is 19.4 Å². The Morgan fingerprint density at radius 2 is 1.97 bits per heavy atom. The number of hydrogen-bond donors (Lipinski definition) is 3. The van der Waals surface area contributed by atoms with E-state index in [-0.39, 0.29) is 11.6 Å². The zero-order chi connectivity index (χ0) is 21.1. The summed E-state index contributed by atoms with van der Waals surface area (Å²) in [4.78, 5) is 23.9. The Morgan fingerprint density at radius 3 is 2.62 bits per heavy atom. The van der Waals surface area contributed by atoms with Crippen molar-refractivity contribution in [3.63, 3.8) is 0 Å². The maximum absolute atomic E-state index is 13.4. The molecule has 0 saturated heterocycles. The van der Waals surface area contributed by atoms with Gasteiger partial charge in [0.1, 0.15) is 5.82 Å². The van der Waals surface area contributed by atoms with Crippen LogP contribution in [0.4, 0.5) is 4.39 Å². The van der Waals surface area contributed by atoms with Crippen molar-refractivity contribution < 1.29 is 24.2 Å². The van der Waals surface area contributed by atoms with Crippen LogP contribution in [0, 0.1) is 12.7 Å². The molecule has 0 radical (unpaired) electrons. The molecule has 0 aliphatic heterocycles. The fourth-order valence-electron chi connectivity index (χ4n) is 2.96. The third-order valence-electron chi connectivity index (χ3n) is 4.30. The average molecular weight is 418 g/mol. The Balaban J connectivity index is 1.90. The third-order valence-corrected chi connectivity index (χ3v) is 4.61. The number of halogens is 2. The van der Waals surface area contributed by atoms with Gasteiger partial charge >= 0.3 is 5.97 Å². The molecule has 29 heavy (non-hydrogen) atoms. The van der Waals surface area contributed by atoms with E-state index in [0.29, 0.717) is 21.8 Å². The number of aromatic hydroxyl groups is 1. The quantitative estimate of drug-likeness (QED) is 0.568. The molecule has 9 heteroatoms. The van der Waals surface area contributed by atoms with E-state index in [1.54, 1.807) is 31.2 Å². The van der Waals surface area contributed by atoms with E-state index in [1.807, 2.05) is 0 Å². The number of para-hydroxylation sites is 1. The number of aryl methyl sites for hydroxylation is 1. The highest BCUT2D eigenvalue weighted by Crippen LogP contribution is 2.26. The van der Waals surface area contributed by atoms with Crippen molar-refractivity contribution in [3.8, 4) is 11.6 Å². The molecule has 0 spiro atoms. The molecular formula is C20H17ClFN3O4. The average Bonchev–Trinajstić information content (AvgIpc) is 3.03. The van der Waals surface area contributed by atoms with E-state index in [4.69, 9.17) is 11.6 Å². The Morgan fingerprint density at radius 1 is 1.24 bits per heavy atom. The summed E-state index contributed by atoms with van der Waals surface area (Å²) >= 11 is 6.10. The zero-order valence-corrected chi connectivity index (χ0v) is 16.0. The summed E-state index contributed by atoms with van der Waals surface area (Å²) in [6.07, 6.45) is -0.407. The highest BCUT2D eigenvalue weighted by atomic mass is 35.5. The normalized spacial score (nSPS) is 11.8. The summed E-state index contributed by atoms with van der Waals surface area (Å²) in [7, 11) is 0. The molecule has 3 N–H and O–H groups in total. The Labute approximate surface area is 170 Å². The van der Waals surface area contributed by atoms with E-state index >= 15 is 0 Å². The smallest absolute Gasteiger partial charge is 0.305 e. The van der Waals surface area contributed by atoms with Gasteiger partial charge in [0.2, 0.25) is 5.88 Å². The molecule has 1 amide bonds. The molecule has 0 bridgehead atoms. The first-order valence-corrected chi connectivity index (χ1v) is 8.96. The molecular weight excluding hydrogens is 401 g/mol. The van der Waals surface area contributed by atoms with Gasteiger partial charge in [-0.1, -0.05) is 29.8 Å². The van der Waals surface area contributed by atoms with Crippen LogP contribution in [-0.2, 0) is 4.79 Å². The lowest BCUT2D eigenvalue weighted by atomic mass is 9.98. The van der Waals surface area contributed by atoms with Gasteiger partial charge in [0.25, 0.3) is 5.91 Å². The molecule has 2 aromatic carbocycles. The van der Waals surface area contributed by atoms with E-state index in [2.05, 4.69) is 10.4 Å². The van der Waals surface area contributed by atoms with E-state index in [0.717, 1.165) is 10.7 Å². The lowest BCUT2D eigenvalue weighted by Gasteiger charge is -2.19. The molecule has 3 rings (SSSR count). The van der Waals surface area contributed by atoms with E-state index in [1.165, 1.54) is 18.2 Å². The topological polar surface area (TPSA) is 104 Å². The molecule has 0 aliphatic carbocycles. The van der Waals surface area contributed by atoms with Crippen molar-refractivity contribution in [3.05, 3.63) is 76.2 Å². The number of hydrogen-bond acceptors (Lipinski definition) is 4. The lowest BCUT2D eigenvalue weighted by molar-refractivity contribution is -0.137. The van der Waals surface area contributed by atoms with Crippen molar-refractivity contribution in [1.82, 2.24) is 15.1 Å². The van der Waals surface area contributed by atoms with Gasteiger partial charge < -0.3 is 15.5 Å². The van der Waals surface area contributed by atoms with Gasteiger partial charge in [-0.2, -0.15) is 9.78 Å². The molecule has 0 saturated carbocycles. The van der Waals surface area contributed by atoms with Crippen molar-refractivity contribution in [2.75, 3.05) is 0 Å². The van der Waals surface area contributed by atoms with Gasteiger partial charge in [0.05, 0.1) is 23.2 Å². The molecule has 1 atom stereocenters. The third kappa shape index (κ3) is 4.55. The van der Waals surface area contributed by atoms with Gasteiger partial charge in [0.15, 0.2) is 5.69 Å². The van der Waals surface area contributed by atoms with Crippen molar-refractivity contribution >= 4 is 23.5 Å². The second kappa shape index (κ2) is 8.32. The van der Waals surface area contributed by atoms with Crippen LogP contribution in [0.1, 0.15) is 34.1 Å². The first-order chi connectivity index (χ1) is 13.8. The summed E-state index contributed by atoms with van der Waals surface area (Å²) < 4.78 is 14.5. The number of carboxylic acid groups (broad SMARTS) is 1. The fourth-order valence-corrected chi connectivity index (χ4v) is 3.17. The summed E-state index contributed by atoms with van der Waals surface area (Å²) in [5.41, 5.74) is 1.22. The summed E-state index contributed by atoms with van der Waals surface area (Å²) in [5.74, 6) is -2.60. The number of benzene rings is 2. The Bertz CT molecular complexity index is 1080. The molecule has 1 heterocycles. The molecule has 3 aromatic rings. The number of carbonyl (C=O) groups is 2. The predicted octanol–water partition coefficient (Wildman–Crippen LogP) is 3.62. The van der Waals surface area contributed by atoms with Gasteiger partial charge in [-0.15, -0.1) is 0 Å². The highest BCUT2D eigenvalue weighted by molar-refractivity contribution is 6.32. The minimum absolute atomic E-state index is 0.127. The SMILES string of the molecule is Cc1cc(F)ccc1C(CC(=O)O)NC(=O)c1cc(O)n(-c2ccccc2Cl)n1. The van der Waals surface area contributed by atoms with Crippen LogP contribution in [0.15, 0.2) is 48.5 Å². The summed E-state index contributed by atoms with van der Waals surface area (Å²) in [6.45, 7) is 1.62. The number of amides is 1. The number of carbonyl (C=O) groups excluding carboxylic acids is 1. The minimum Gasteiger partial charge on any atom is -0.493 e. The number of aromatic nitrogens is 2. The highest BCUT2D eigenvalue weighted by Gasteiger charge is 2.23. The van der Waals surface area contributed by atoms with Crippen LogP contribution >= 0.6 is 11.6 Å². The van der Waals surface area contributed by atoms with Crippen molar-refractivity contribution in [1.29, 1.82) is 0 Å². The fraction of sp³-hybridized carbons (Fsp3) is 0.150. The largest absolute Gasteiger partial charge is 0.493 e. The molecule has 1 unspecified atom stereocenters. The minimum atomic E-state index is -1.14. The molecule has 0 fully saturated rings. The van der Waals surface area contributed by atoms with Crippen LogP contribution < -0.4 is 5.32 Å². The number of carboxylic acids is 1. The standard InChI is InChI=1S/C20H17ClFN3O4/c1-11-8-12(22)6-7-13(11)15(10-19(27)28)23-20(29)16-9-18(26)25(24-16)17-5-3-2-4-14(17)21/h2-9,15,26H,10H2,1H3,(H,23,29)(H,27,28). The van der Waals surface area contributed by atoms with Gasteiger partial charge in [-0.25, -0.2) is 4.39 Å². The Hall–Kier alpha value is -3.39. The monoisotopic (exact) mass is 417 g/mol. The predicted molar refractivity (Wildman–Crippen MR) is 104 cm³/mol. The number of aliphatic carboxylic acids is 1. The maximum atomic E-state index is 13.4. The molecule has 7 nitrogen and oxygen atoms in total. The van der Waals surface area contributed by atoms with Crippen LogP contribution in [-0.4, -0.2) is 31.9 Å². The van der Waals surface area contributed by atoms with Gasteiger partial charge in [-0.3, -0.25) is 9.59 Å². The number of nitrogens with zero attached hydrogens (tertiary/aromatic N) is 2. The second-order valence-corrected chi connectivity index (χ2v) is 6.78. The zero-order valence-electron chi connectivity index (χ0n) is 15.3. The van der Waals surface area contributed by atoms with Gasteiger partial charge in [-0.05, 0) is 42.3 Å². The summed E-state index contributed by atoms with van der Waals surface area (Å²) in [6, 6.07) is 10.8. The first kappa shape index (κ1) is 20.3. The van der Waals surface area contributed by atoms with Crippen molar-refractivity contribution in [2.24, 2.45) is 0 Å². The molecule has 0 aliphatic rings. The number of nitrogens with one attached hydrogen (secondary N) is 1. The molecule has 1 aromatic heterocycles. The Kier molecular flexibility index (Phi) is 5.84. The van der Waals surface area contributed by atoms with E-state index in [9.17, 15) is 24.2 Å². The number of rotatable bonds is 6.